The molecule has 0 radical (unpaired) electrons. The number of halogens is 4. The van der Waals surface area contributed by atoms with E-state index in [0.717, 1.165) is 58.7 Å². The summed E-state index contributed by atoms with van der Waals surface area (Å²) in [7, 11) is 0. The number of alkyl halides is 3. The third-order valence-electron chi connectivity index (χ3n) is 5.68. The highest BCUT2D eigenvalue weighted by Crippen LogP contribution is 2.42. The fourth-order valence-electron chi connectivity index (χ4n) is 4.05. The van der Waals surface area contributed by atoms with Crippen molar-refractivity contribution < 1.29 is 36.9 Å². The lowest BCUT2D eigenvalue weighted by Crippen LogP contribution is -2.47. The average molecular weight is 435 g/mol. The van der Waals surface area contributed by atoms with E-state index in [-0.39, 0.29) is 11.4 Å². The van der Waals surface area contributed by atoms with Gasteiger partial charge in [0.25, 0.3) is 0 Å². The summed E-state index contributed by atoms with van der Waals surface area (Å²) in [6, 6.07) is 6.86. The molecule has 2 heterocycles. The number of piperidine rings is 1. The molecule has 170 valence electrons. The van der Waals surface area contributed by atoms with Gasteiger partial charge in [-0.15, -0.1) is 0 Å². The molecule has 0 aromatic heterocycles. The van der Waals surface area contributed by atoms with E-state index in [9.17, 15) is 17.6 Å². The van der Waals surface area contributed by atoms with Crippen LogP contribution in [0.1, 0.15) is 38.2 Å². The number of benzene rings is 1. The molecule has 30 heavy (non-hydrogen) atoms. The van der Waals surface area contributed by atoms with Gasteiger partial charge in [-0.1, -0.05) is 12.1 Å². The standard InChI is InChI=1S/C19H28FNO2.C2HF3O2/c1-2-22-13-7-17-8-14-23-19(17)9-11-21(12-10-19)15-16-3-5-18(20)6-4-16;3-2(4,5)1(6)7/h3-6,17H,2,7-15H2,1H3;(H,6,7). The molecule has 1 unspecified atom stereocenters. The molecule has 2 saturated heterocycles. The highest BCUT2D eigenvalue weighted by Gasteiger charge is 2.45. The van der Waals surface area contributed by atoms with Crippen LogP contribution in [0.4, 0.5) is 17.6 Å². The van der Waals surface area contributed by atoms with Crippen molar-refractivity contribution in [3.8, 4) is 0 Å². The van der Waals surface area contributed by atoms with Crippen LogP contribution in [0.5, 0.6) is 0 Å². The molecular weight excluding hydrogens is 406 g/mol. The van der Waals surface area contributed by atoms with Gasteiger partial charge in [0.05, 0.1) is 5.60 Å². The first kappa shape index (κ1) is 24.6. The second-order valence-electron chi connectivity index (χ2n) is 7.59. The zero-order valence-corrected chi connectivity index (χ0v) is 17.1. The average Bonchev–Trinajstić information content (AvgIpc) is 3.08. The van der Waals surface area contributed by atoms with E-state index in [2.05, 4.69) is 11.8 Å². The number of nitrogens with zero attached hydrogens (tertiary/aromatic N) is 1. The molecule has 9 heteroatoms. The van der Waals surface area contributed by atoms with Crippen LogP contribution < -0.4 is 0 Å². The number of hydrogen-bond donors (Lipinski definition) is 1. The van der Waals surface area contributed by atoms with Crippen LogP contribution in [0, 0.1) is 11.7 Å². The molecule has 0 bridgehead atoms. The van der Waals surface area contributed by atoms with Crippen molar-refractivity contribution in [1.82, 2.24) is 4.90 Å². The largest absolute Gasteiger partial charge is 0.490 e. The van der Waals surface area contributed by atoms with E-state index in [1.54, 1.807) is 12.1 Å². The summed E-state index contributed by atoms with van der Waals surface area (Å²) >= 11 is 0. The van der Waals surface area contributed by atoms with Crippen molar-refractivity contribution in [2.75, 3.05) is 32.9 Å². The van der Waals surface area contributed by atoms with Gasteiger partial charge in [-0.25, -0.2) is 9.18 Å². The van der Waals surface area contributed by atoms with Gasteiger partial charge in [0.1, 0.15) is 5.82 Å². The van der Waals surface area contributed by atoms with Crippen LogP contribution in [0.25, 0.3) is 0 Å². The molecule has 0 saturated carbocycles. The number of carbonyl (C=O) groups is 1. The molecule has 2 aliphatic rings. The molecule has 0 aliphatic carbocycles. The highest BCUT2D eigenvalue weighted by atomic mass is 19.4. The quantitative estimate of drug-likeness (QED) is 0.535. The van der Waals surface area contributed by atoms with Crippen LogP contribution in [0.2, 0.25) is 0 Å². The number of carboxylic acid groups (broad SMARTS) is 1. The Kier molecular flexibility index (Phi) is 9.06. The lowest BCUT2D eigenvalue weighted by atomic mass is 9.78. The van der Waals surface area contributed by atoms with Gasteiger partial charge >= 0.3 is 12.1 Å². The number of hydrogen-bond acceptors (Lipinski definition) is 4. The van der Waals surface area contributed by atoms with E-state index in [1.165, 1.54) is 12.0 Å². The van der Waals surface area contributed by atoms with Crippen molar-refractivity contribution in [3.63, 3.8) is 0 Å². The minimum atomic E-state index is -5.08. The first-order valence-electron chi connectivity index (χ1n) is 10.1. The van der Waals surface area contributed by atoms with Crippen LogP contribution >= 0.6 is 0 Å². The Morgan fingerprint density at radius 3 is 2.40 bits per heavy atom. The second kappa shape index (κ2) is 11.1. The maximum atomic E-state index is 13.0. The van der Waals surface area contributed by atoms with Gasteiger partial charge in [-0.05, 0) is 56.2 Å². The first-order valence-corrected chi connectivity index (χ1v) is 10.1. The SMILES string of the molecule is CCOCCC1CCOC12CCN(Cc1ccc(F)cc1)CC2.O=C(O)C(F)(F)F. The van der Waals surface area contributed by atoms with Crippen molar-refractivity contribution in [1.29, 1.82) is 0 Å². The van der Waals surface area contributed by atoms with Crippen LogP contribution in [-0.2, 0) is 20.8 Å². The molecule has 1 aromatic carbocycles. The van der Waals surface area contributed by atoms with Crippen LogP contribution in [0.3, 0.4) is 0 Å². The minimum absolute atomic E-state index is 0.0798. The minimum Gasteiger partial charge on any atom is -0.475 e. The Morgan fingerprint density at radius 2 is 1.87 bits per heavy atom. The Morgan fingerprint density at radius 1 is 1.27 bits per heavy atom. The number of rotatable bonds is 6. The molecule has 1 spiro atoms. The van der Waals surface area contributed by atoms with Gasteiger partial charge < -0.3 is 14.6 Å². The highest BCUT2D eigenvalue weighted by molar-refractivity contribution is 5.73. The molecule has 1 aromatic rings. The molecule has 2 fully saturated rings. The van der Waals surface area contributed by atoms with Crippen molar-refractivity contribution in [2.24, 2.45) is 5.92 Å². The lowest BCUT2D eigenvalue weighted by Gasteiger charge is -2.42. The molecule has 1 atom stereocenters. The Balaban J connectivity index is 0.000000396. The zero-order chi connectivity index (χ0) is 22.2. The smallest absolute Gasteiger partial charge is 0.475 e. The summed E-state index contributed by atoms with van der Waals surface area (Å²) in [6.45, 7) is 7.62. The normalized spacial score (nSPS) is 21.3. The van der Waals surface area contributed by atoms with E-state index in [0.29, 0.717) is 5.92 Å². The topological polar surface area (TPSA) is 59.0 Å². The molecular formula is C21H29F4NO4. The van der Waals surface area contributed by atoms with Gasteiger partial charge in [0.15, 0.2) is 0 Å². The van der Waals surface area contributed by atoms with Crippen LogP contribution in [-0.4, -0.2) is 60.7 Å². The predicted octanol–water partition coefficient (Wildman–Crippen LogP) is 4.26. The summed E-state index contributed by atoms with van der Waals surface area (Å²) < 4.78 is 56.5. The third-order valence-corrected chi connectivity index (χ3v) is 5.68. The fourth-order valence-corrected chi connectivity index (χ4v) is 4.05. The number of likely N-dealkylation sites (tertiary alicyclic amines) is 1. The fraction of sp³-hybridized carbons (Fsp3) is 0.667. The number of carboxylic acids is 1. The van der Waals surface area contributed by atoms with E-state index < -0.39 is 12.1 Å². The molecule has 0 amide bonds. The monoisotopic (exact) mass is 435 g/mol. The van der Waals surface area contributed by atoms with Gasteiger partial charge in [-0.3, -0.25) is 4.90 Å². The molecule has 3 rings (SSSR count). The maximum absolute atomic E-state index is 13.0. The van der Waals surface area contributed by atoms with E-state index in [4.69, 9.17) is 19.4 Å². The summed E-state index contributed by atoms with van der Waals surface area (Å²) in [5.74, 6) is -2.28. The Bertz CT molecular complexity index is 658. The van der Waals surface area contributed by atoms with Gasteiger partial charge in [0.2, 0.25) is 0 Å². The van der Waals surface area contributed by atoms with Crippen molar-refractivity contribution >= 4 is 5.97 Å². The second-order valence-corrected chi connectivity index (χ2v) is 7.59. The van der Waals surface area contributed by atoms with Gasteiger partial charge in [0, 0.05) is 39.5 Å². The lowest BCUT2D eigenvalue weighted by molar-refractivity contribution is -0.192. The predicted molar refractivity (Wildman–Crippen MR) is 103 cm³/mol. The van der Waals surface area contributed by atoms with Crippen molar-refractivity contribution in [2.45, 2.75) is 50.9 Å². The summed E-state index contributed by atoms with van der Waals surface area (Å²) in [4.78, 5) is 11.4. The zero-order valence-electron chi connectivity index (χ0n) is 17.1. The van der Waals surface area contributed by atoms with E-state index in [1.807, 2.05) is 12.1 Å². The van der Waals surface area contributed by atoms with Crippen molar-refractivity contribution in [3.05, 3.63) is 35.6 Å². The molecule has 1 N–H and O–H groups in total. The van der Waals surface area contributed by atoms with Crippen LogP contribution in [0.15, 0.2) is 24.3 Å². The third kappa shape index (κ3) is 7.21. The Labute approximate surface area is 174 Å². The number of aliphatic carboxylic acids is 1. The Hall–Kier alpha value is -1.71. The summed E-state index contributed by atoms with van der Waals surface area (Å²) in [5, 5.41) is 7.12. The van der Waals surface area contributed by atoms with E-state index >= 15 is 0 Å². The summed E-state index contributed by atoms with van der Waals surface area (Å²) in [6.07, 6.45) is -0.590. The van der Waals surface area contributed by atoms with Gasteiger partial charge in [-0.2, -0.15) is 13.2 Å². The maximum Gasteiger partial charge on any atom is 0.490 e. The molecule has 2 aliphatic heterocycles. The summed E-state index contributed by atoms with van der Waals surface area (Å²) in [5.41, 5.74) is 1.26. The molecule has 5 nitrogen and oxygen atoms in total. The first-order chi connectivity index (χ1) is 14.2. The number of ether oxygens (including phenoxy) is 2.